The second-order valence-electron chi connectivity index (χ2n) is 29.5. The second-order valence-corrected chi connectivity index (χ2v) is 32.4. The normalized spacial score (nSPS) is 14.0. The predicted molar refractivity (Wildman–Crippen MR) is 395 cm³/mol. The molecular formula is C78H152O17P2. The van der Waals surface area contributed by atoms with Crippen LogP contribution in [-0.4, -0.2) is 96.7 Å². The molecule has 0 aliphatic rings. The first-order valence-corrected chi connectivity index (χ1v) is 43.3. The van der Waals surface area contributed by atoms with Crippen LogP contribution in [0.2, 0.25) is 0 Å². The molecule has 576 valence electrons. The SMILES string of the molecule is CCCCCCCCCCCCCCCCCCCCCCC(=O)O[C@H](COC(=O)CCCCCCCCCCCCCCCCC(C)C)COP(=O)(O)OC[C@@H](O)COP(=O)(O)OC[C@@H](COC(=O)CCCCCCCCC(C)C)OC(=O)CCCCCCCCCCC(C)C. The molecule has 2 unspecified atom stereocenters. The number of phosphoric acid groups is 2. The molecule has 5 atom stereocenters. The highest BCUT2D eigenvalue weighted by Gasteiger charge is 2.30. The minimum atomic E-state index is -4.96. The number of carbonyl (C=O) groups excluding carboxylic acids is 4. The van der Waals surface area contributed by atoms with E-state index in [1.807, 2.05) is 0 Å². The highest BCUT2D eigenvalue weighted by molar-refractivity contribution is 7.47. The van der Waals surface area contributed by atoms with Gasteiger partial charge in [0.25, 0.3) is 0 Å². The van der Waals surface area contributed by atoms with Crippen molar-refractivity contribution >= 4 is 39.5 Å². The lowest BCUT2D eigenvalue weighted by molar-refractivity contribution is -0.161. The smallest absolute Gasteiger partial charge is 0.462 e. The summed E-state index contributed by atoms with van der Waals surface area (Å²) in [4.78, 5) is 72.8. The van der Waals surface area contributed by atoms with E-state index < -0.39 is 97.5 Å². The molecule has 0 heterocycles. The second kappa shape index (κ2) is 68.5. The molecule has 0 bridgehead atoms. The Kier molecular flexibility index (Phi) is 67.1. The van der Waals surface area contributed by atoms with Gasteiger partial charge in [-0.1, -0.05) is 350 Å². The van der Waals surface area contributed by atoms with Crippen LogP contribution in [-0.2, 0) is 65.4 Å². The molecule has 0 amide bonds. The number of aliphatic hydroxyl groups excluding tert-OH is 1. The van der Waals surface area contributed by atoms with Crippen LogP contribution in [0.4, 0.5) is 0 Å². The Labute approximate surface area is 594 Å². The molecule has 0 aromatic rings. The van der Waals surface area contributed by atoms with Crippen molar-refractivity contribution in [2.75, 3.05) is 39.6 Å². The molecule has 0 saturated carbocycles. The summed E-state index contributed by atoms with van der Waals surface area (Å²) in [5.74, 6) is 0.0769. The first-order valence-electron chi connectivity index (χ1n) is 40.3. The van der Waals surface area contributed by atoms with Gasteiger partial charge in [0.2, 0.25) is 0 Å². The van der Waals surface area contributed by atoms with E-state index in [1.54, 1.807) is 0 Å². The van der Waals surface area contributed by atoms with Crippen LogP contribution in [0.5, 0.6) is 0 Å². The van der Waals surface area contributed by atoms with Crippen LogP contribution >= 0.6 is 15.6 Å². The third-order valence-electron chi connectivity index (χ3n) is 18.1. The van der Waals surface area contributed by atoms with Crippen molar-refractivity contribution in [2.45, 2.75) is 420 Å². The van der Waals surface area contributed by atoms with Gasteiger partial charge in [0.1, 0.15) is 19.3 Å². The third kappa shape index (κ3) is 72.2. The molecule has 3 N–H and O–H groups in total. The Morgan fingerprint density at radius 3 is 0.701 bits per heavy atom. The van der Waals surface area contributed by atoms with Crippen molar-refractivity contribution in [2.24, 2.45) is 17.8 Å². The number of phosphoric ester groups is 2. The van der Waals surface area contributed by atoms with Gasteiger partial charge in [-0.2, -0.15) is 0 Å². The average Bonchev–Trinajstić information content (AvgIpc) is 1.11. The van der Waals surface area contributed by atoms with E-state index >= 15 is 0 Å². The summed E-state index contributed by atoms with van der Waals surface area (Å²) in [6.07, 6.45) is 55.9. The van der Waals surface area contributed by atoms with E-state index in [-0.39, 0.29) is 25.7 Å². The number of unbranched alkanes of at least 4 members (excludes halogenated alkanes) is 44. The van der Waals surface area contributed by atoms with Gasteiger partial charge in [-0.25, -0.2) is 9.13 Å². The van der Waals surface area contributed by atoms with Crippen molar-refractivity contribution in [3.8, 4) is 0 Å². The Bertz CT molecular complexity index is 1890. The topological polar surface area (TPSA) is 237 Å². The largest absolute Gasteiger partial charge is 0.472 e. The summed E-state index contributed by atoms with van der Waals surface area (Å²) in [6.45, 7) is 11.8. The lowest BCUT2D eigenvalue weighted by Crippen LogP contribution is -2.30. The standard InChI is InChI=1S/C78H152O17P2/c1-8-9-10-11-12-13-14-15-16-17-18-19-20-21-26-29-32-38-47-54-61-77(82)94-73(65-88-75(80)59-52-45-37-31-28-25-23-22-24-27-30-35-42-49-56-69(2)3)67-92-96(84,85)90-63-72(79)64-91-97(86,87)93-68-74(66-89-76(81)60-53-46-41-40-44-51-58-71(6)7)95-78(83)62-55-48-39-34-33-36-43-50-57-70(4)5/h69-74,79H,8-68H2,1-7H3,(H,84,85)(H,86,87)/t72-,73-,74-/m1/s1. The Balaban J connectivity index is 5.21. The molecule has 17 nitrogen and oxygen atoms in total. The zero-order valence-electron chi connectivity index (χ0n) is 63.5. The maximum atomic E-state index is 13.1. The van der Waals surface area contributed by atoms with Gasteiger partial charge in [-0.3, -0.25) is 37.3 Å². The van der Waals surface area contributed by atoms with Gasteiger partial charge in [0, 0.05) is 25.7 Å². The zero-order chi connectivity index (χ0) is 71.6. The van der Waals surface area contributed by atoms with Crippen molar-refractivity contribution in [3.63, 3.8) is 0 Å². The van der Waals surface area contributed by atoms with Crippen LogP contribution in [0.1, 0.15) is 402 Å². The van der Waals surface area contributed by atoms with Gasteiger partial charge in [0.15, 0.2) is 12.2 Å². The maximum absolute atomic E-state index is 13.1. The lowest BCUT2D eigenvalue weighted by atomic mass is 10.0. The van der Waals surface area contributed by atoms with Crippen molar-refractivity contribution < 1.29 is 80.2 Å². The van der Waals surface area contributed by atoms with Gasteiger partial charge in [-0.15, -0.1) is 0 Å². The van der Waals surface area contributed by atoms with Crippen LogP contribution in [0, 0.1) is 17.8 Å². The van der Waals surface area contributed by atoms with E-state index in [0.29, 0.717) is 31.6 Å². The molecule has 0 aromatic carbocycles. The molecule has 0 aliphatic carbocycles. The zero-order valence-corrected chi connectivity index (χ0v) is 65.3. The molecule has 0 saturated heterocycles. The summed E-state index contributed by atoms with van der Waals surface area (Å²) in [7, 11) is -9.91. The van der Waals surface area contributed by atoms with Crippen LogP contribution < -0.4 is 0 Å². The quantitative estimate of drug-likeness (QED) is 0.0222. The number of aliphatic hydroxyl groups is 1. The molecule has 19 heteroatoms. The Morgan fingerprint density at radius 2 is 0.474 bits per heavy atom. The molecule has 0 aromatic heterocycles. The predicted octanol–water partition coefficient (Wildman–Crippen LogP) is 23.0. The van der Waals surface area contributed by atoms with Crippen molar-refractivity contribution in [3.05, 3.63) is 0 Å². The molecule has 0 fully saturated rings. The van der Waals surface area contributed by atoms with Gasteiger partial charge < -0.3 is 33.8 Å². The number of esters is 4. The van der Waals surface area contributed by atoms with E-state index in [2.05, 4.69) is 48.5 Å². The minimum absolute atomic E-state index is 0.103. The highest BCUT2D eigenvalue weighted by Crippen LogP contribution is 2.45. The highest BCUT2D eigenvalue weighted by atomic mass is 31.2. The number of hydrogen-bond acceptors (Lipinski definition) is 15. The number of rotatable bonds is 76. The molecular weight excluding hydrogens is 1270 g/mol. The lowest BCUT2D eigenvalue weighted by Gasteiger charge is -2.21. The van der Waals surface area contributed by atoms with E-state index in [4.69, 9.17) is 37.0 Å². The summed E-state index contributed by atoms with van der Waals surface area (Å²) in [6, 6.07) is 0. The van der Waals surface area contributed by atoms with E-state index in [0.717, 1.165) is 108 Å². The Morgan fingerprint density at radius 1 is 0.278 bits per heavy atom. The van der Waals surface area contributed by atoms with Crippen molar-refractivity contribution in [1.82, 2.24) is 0 Å². The molecule has 0 rings (SSSR count). The number of carbonyl (C=O) groups is 4. The summed E-state index contributed by atoms with van der Waals surface area (Å²) >= 11 is 0. The number of ether oxygens (including phenoxy) is 4. The molecule has 0 aliphatic heterocycles. The number of hydrogen-bond donors (Lipinski definition) is 3. The van der Waals surface area contributed by atoms with Gasteiger partial charge in [-0.05, 0) is 43.4 Å². The minimum Gasteiger partial charge on any atom is -0.462 e. The first kappa shape index (κ1) is 95.1. The van der Waals surface area contributed by atoms with Crippen LogP contribution in [0.25, 0.3) is 0 Å². The fraction of sp³-hybridized carbons (Fsp3) is 0.949. The van der Waals surface area contributed by atoms with Gasteiger partial charge >= 0.3 is 39.5 Å². The fourth-order valence-corrected chi connectivity index (χ4v) is 13.5. The van der Waals surface area contributed by atoms with E-state index in [1.165, 1.54) is 205 Å². The first-order chi connectivity index (χ1) is 46.7. The Hall–Kier alpha value is -1.94. The van der Waals surface area contributed by atoms with Crippen LogP contribution in [0.3, 0.4) is 0 Å². The summed E-state index contributed by atoms with van der Waals surface area (Å²) < 4.78 is 68.5. The van der Waals surface area contributed by atoms with Crippen molar-refractivity contribution in [1.29, 1.82) is 0 Å². The average molecular weight is 1420 g/mol. The fourth-order valence-electron chi connectivity index (χ4n) is 12.0. The van der Waals surface area contributed by atoms with Crippen LogP contribution in [0.15, 0.2) is 0 Å². The third-order valence-corrected chi connectivity index (χ3v) is 20.0. The summed E-state index contributed by atoms with van der Waals surface area (Å²) in [5, 5.41) is 10.6. The molecule has 0 radical (unpaired) electrons. The van der Waals surface area contributed by atoms with E-state index in [9.17, 15) is 43.2 Å². The maximum Gasteiger partial charge on any atom is 0.472 e. The molecule has 97 heavy (non-hydrogen) atoms. The molecule has 0 spiro atoms. The summed E-state index contributed by atoms with van der Waals surface area (Å²) in [5.41, 5.74) is 0. The van der Waals surface area contributed by atoms with Gasteiger partial charge in [0.05, 0.1) is 26.4 Å². The monoisotopic (exact) mass is 1420 g/mol.